The van der Waals surface area contributed by atoms with E-state index < -0.39 is 0 Å². The molecular formula is C14H22ClNO2. The van der Waals surface area contributed by atoms with E-state index in [1.54, 1.807) is 19.2 Å². The van der Waals surface area contributed by atoms with Crippen molar-refractivity contribution in [1.82, 2.24) is 5.32 Å². The summed E-state index contributed by atoms with van der Waals surface area (Å²) in [6.07, 6.45) is 1.02. The minimum Gasteiger partial charge on any atom is -0.506 e. The van der Waals surface area contributed by atoms with E-state index in [2.05, 4.69) is 19.2 Å². The van der Waals surface area contributed by atoms with Crippen molar-refractivity contribution in [1.29, 1.82) is 0 Å². The van der Waals surface area contributed by atoms with Crippen LogP contribution in [0.25, 0.3) is 0 Å². The molecule has 0 radical (unpaired) electrons. The second-order valence-corrected chi connectivity index (χ2v) is 5.70. The number of rotatable bonds is 7. The Balaban J connectivity index is 2.39. The van der Waals surface area contributed by atoms with Crippen LogP contribution in [0.3, 0.4) is 0 Å². The van der Waals surface area contributed by atoms with Gasteiger partial charge >= 0.3 is 0 Å². The first kappa shape index (κ1) is 15.3. The number of hydrogen-bond acceptors (Lipinski definition) is 3. The molecule has 0 aromatic heterocycles. The van der Waals surface area contributed by atoms with Gasteiger partial charge in [-0.15, -0.1) is 0 Å². The summed E-state index contributed by atoms with van der Waals surface area (Å²) in [4.78, 5) is 0. The summed E-state index contributed by atoms with van der Waals surface area (Å²) in [5.41, 5.74) is 1.27. The van der Waals surface area contributed by atoms with E-state index in [9.17, 15) is 5.11 Å². The van der Waals surface area contributed by atoms with E-state index in [1.807, 2.05) is 6.07 Å². The second kappa shape index (κ2) is 6.98. The van der Waals surface area contributed by atoms with Gasteiger partial charge in [0.1, 0.15) is 5.75 Å². The molecule has 0 aliphatic heterocycles. The third kappa shape index (κ3) is 5.25. The maximum atomic E-state index is 9.33. The number of aromatic hydroxyl groups is 1. The Morgan fingerprint density at radius 3 is 2.72 bits per heavy atom. The van der Waals surface area contributed by atoms with Gasteiger partial charge in [-0.3, -0.25) is 0 Å². The topological polar surface area (TPSA) is 41.5 Å². The van der Waals surface area contributed by atoms with Crippen LogP contribution in [0.5, 0.6) is 5.75 Å². The van der Waals surface area contributed by atoms with Crippen molar-refractivity contribution < 1.29 is 9.84 Å². The highest BCUT2D eigenvalue weighted by Gasteiger charge is 2.16. The van der Waals surface area contributed by atoms with Crippen molar-refractivity contribution in [2.75, 3.05) is 20.3 Å². The molecule has 0 bridgehead atoms. The molecule has 0 aliphatic carbocycles. The van der Waals surface area contributed by atoms with E-state index in [0.29, 0.717) is 5.02 Å². The average molecular weight is 272 g/mol. The third-order valence-corrected chi connectivity index (χ3v) is 3.23. The van der Waals surface area contributed by atoms with E-state index >= 15 is 0 Å². The van der Waals surface area contributed by atoms with Crippen molar-refractivity contribution >= 4 is 11.6 Å². The molecule has 0 aliphatic rings. The fourth-order valence-electron chi connectivity index (χ4n) is 1.67. The molecule has 0 fully saturated rings. The predicted octanol–water partition coefficient (Wildman–Crippen LogP) is 3.20. The smallest absolute Gasteiger partial charge is 0.134 e. The normalized spacial score (nSPS) is 11.8. The van der Waals surface area contributed by atoms with Crippen molar-refractivity contribution in [2.24, 2.45) is 5.41 Å². The van der Waals surface area contributed by atoms with Crippen LogP contribution in [-0.2, 0) is 11.3 Å². The van der Waals surface area contributed by atoms with E-state index in [1.165, 1.54) is 0 Å². The number of halogens is 1. The molecule has 3 nitrogen and oxygen atoms in total. The molecule has 18 heavy (non-hydrogen) atoms. The Morgan fingerprint density at radius 1 is 1.39 bits per heavy atom. The zero-order valence-corrected chi connectivity index (χ0v) is 12.0. The minimum atomic E-state index is 0.126. The molecule has 0 amide bonds. The first-order valence-corrected chi connectivity index (χ1v) is 6.49. The van der Waals surface area contributed by atoms with Crippen molar-refractivity contribution in [2.45, 2.75) is 26.8 Å². The van der Waals surface area contributed by atoms with Crippen LogP contribution < -0.4 is 5.32 Å². The Labute approximate surface area is 114 Å². The molecule has 0 saturated heterocycles. The van der Waals surface area contributed by atoms with Crippen molar-refractivity contribution in [3.63, 3.8) is 0 Å². The van der Waals surface area contributed by atoms with Gasteiger partial charge in [0.05, 0.1) is 5.02 Å². The molecule has 1 aromatic carbocycles. The third-order valence-electron chi connectivity index (χ3n) is 2.93. The number of ether oxygens (including phenoxy) is 1. The maximum Gasteiger partial charge on any atom is 0.134 e. The summed E-state index contributed by atoms with van der Waals surface area (Å²) in [7, 11) is 1.72. The lowest BCUT2D eigenvalue weighted by Gasteiger charge is -2.24. The first-order chi connectivity index (χ1) is 8.44. The molecule has 1 rings (SSSR count). The van der Waals surface area contributed by atoms with Crippen molar-refractivity contribution in [3.8, 4) is 5.75 Å². The zero-order chi connectivity index (χ0) is 13.6. The van der Waals surface area contributed by atoms with Crippen LogP contribution in [0.4, 0.5) is 0 Å². The SMILES string of the molecule is COCCC(C)(C)CNCc1ccc(O)c(Cl)c1. The number of phenolic OH excluding ortho intramolecular Hbond substituents is 1. The molecule has 0 spiro atoms. The van der Waals surface area contributed by atoms with Gasteiger partial charge in [-0.1, -0.05) is 31.5 Å². The van der Waals surface area contributed by atoms with Crippen LogP contribution in [0.1, 0.15) is 25.8 Å². The molecule has 0 saturated carbocycles. The summed E-state index contributed by atoms with van der Waals surface area (Å²) in [6.45, 7) is 6.86. The maximum absolute atomic E-state index is 9.33. The zero-order valence-electron chi connectivity index (χ0n) is 11.3. The second-order valence-electron chi connectivity index (χ2n) is 5.30. The summed E-state index contributed by atoms with van der Waals surface area (Å²) < 4.78 is 5.10. The number of hydrogen-bond donors (Lipinski definition) is 2. The fraction of sp³-hybridized carbons (Fsp3) is 0.571. The molecule has 0 atom stereocenters. The van der Waals surface area contributed by atoms with E-state index in [0.717, 1.165) is 31.7 Å². The lowest BCUT2D eigenvalue weighted by atomic mass is 9.89. The summed E-state index contributed by atoms with van der Waals surface area (Å²) in [6, 6.07) is 5.28. The van der Waals surface area contributed by atoms with Crippen LogP contribution in [-0.4, -0.2) is 25.4 Å². The number of phenols is 1. The van der Waals surface area contributed by atoms with Gasteiger partial charge in [-0.25, -0.2) is 0 Å². The van der Waals surface area contributed by atoms with E-state index in [4.69, 9.17) is 16.3 Å². The summed E-state index contributed by atoms with van der Waals surface area (Å²) in [5.74, 6) is 0.126. The summed E-state index contributed by atoms with van der Waals surface area (Å²) in [5, 5.41) is 13.1. The lowest BCUT2D eigenvalue weighted by molar-refractivity contribution is 0.150. The highest BCUT2D eigenvalue weighted by Crippen LogP contribution is 2.24. The van der Waals surface area contributed by atoms with Gasteiger partial charge in [-0.2, -0.15) is 0 Å². The van der Waals surface area contributed by atoms with Gasteiger partial charge in [0.2, 0.25) is 0 Å². The fourth-order valence-corrected chi connectivity index (χ4v) is 1.88. The van der Waals surface area contributed by atoms with Crippen molar-refractivity contribution in [3.05, 3.63) is 28.8 Å². The average Bonchev–Trinajstić information content (AvgIpc) is 2.31. The minimum absolute atomic E-state index is 0.126. The quantitative estimate of drug-likeness (QED) is 0.800. The van der Waals surface area contributed by atoms with Crippen LogP contribution in [0, 0.1) is 5.41 Å². The van der Waals surface area contributed by atoms with Gasteiger partial charge in [-0.05, 0) is 29.5 Å². The van der Waals surface area contributed by atoms with Gasteiger partial charge in [0, 0.05) is 26.8 Å². The Morgan fingerprint density at radius 2 is 2.11 bits per heavy atom. The highest BCUT2D eigenvalue weighted by atomic mass is 35.5. The monoisotopic (exact) mass is 271 g/mol. The highest BCUT2D eigenvalue weighted by molar-refractivity contribution is 6.32. The number of nitrogens with one attached hydrogen (secondary N) is 1. The molecule has 2 N–H and O–H groups in total. The van der Waals surface area contributed by atoms with Gasteiger partial charge in [0.15, 0.2) is 0 Å². The standard InChI is InChI=1S/C14H22ClNO2/c1-14(2,6-7-18-3)10-16-9-11-4-5-13(17)12(15)8-11/h4-5,8,16-17H,6-7,9-10H2,1-3H3. The van der Waals surface area contributed by atoms with Gasteiger partial charge in [0.25, 0.3) is 0 Å². The molecule has 1 aromatic rings. The number of benzene rings is 1. The molecule has 102 valence electrons. The van der Waals surface area contributed by atoms with Gasteiger partial charge < -0.3 is 15.2 Å². The Hall–Kier alpha value is -0.770. The van der Waals surface area contributed by atoms with E-state index in [-0.39, 0.29) is 11.2 Å². The van der Waals surface area contributed by atoms with Crippen LogP contribution >= 0.6 is 11.6 Å². The Kier molecular flexibility index (Phi) is 5.93. The first-order valence-electron chi connectivity index (χ1n) is 6.12. The molecular weight excluding hydrogens is 250 g/mol. The lowest BCUT2D eigenvalue weighted by Crippen LogP contribution is -2.30. The predicted molar refractivity (Wildman–Crippen MR) is 75.1 cm³/mol. The Bertz CT molecular complexity index is 380. The molecule has 4 heteroatoms. The largest absolute Gasteiger partial charge is 0.506 e. The van der Waals surface area contributed by atoms with Crippen LogP contribution in [0.2, 0.25) is 5.02 Å². The number of methoxy groups -OCH3 is 1. The van der Waals surface area contributed by atoms with Crippen LogP contribution in [0.15, 0.2) is 18.2 Å². The summed E-state index contributed by atoms with van der Waals surface area (Å²) >= 11 is 5.86. The molecule has 0 heterocycles. The molecule has 0 unspecified atom stereocenters.